The second-order valence-electron chi connectivity index (χ2n) is 3.37. The summed E-state index contributed by atoms with van der Waals surface area (Å²) in [7, 11) is 0. The lowest BCUT2D eigenvalue weighted by atomic mass is 10.0. The second kappa shape index (κ2) is 5.56. The first-order valence-corrected chi connectivity index (χ1v) is 5.02. The number of para-hydroxylation sites is 1. The highest BCUT2D eigenvalue weighted by molar-refractivity contribution is 5.90. The van der Waals surface area contributed by atoms with E-state index in [1.807, 2.05) is 31.2 Å². The maximum Gasteiger partial charge on any atom is 0.335 e. The molecule has 0 saturated heterocycles. The summed E-state index contributed by atoms with van der Waals surface area (Å²) >= 11 is 0. The van der Waals surface area contributed by atoms with E-state index >= 15 is 0 Å². The van der Waals surface area contributed by atoms with Crippen molar-refractivity contribution < 1.29 is 9.53 Å². The molecule has 4 heteroatoms. The average molecular weight is 240 g/mol. The van der Waals surface area contributed by atoms with Crippen molar-refractivity contribution in [1.29, 1.82) is 0 Å². The molecular formula is C12H14ClNO2. The van der Waals surface area contributed by atoms with Gasteiger partial charge in [-0.1, -0.05) is 18.2 Å². The third-order valence-electron chi connectivity index (χ3n) is 2.34. The molecular weight excluding hydrogens is 226 g/mol. The van der Waals surface area contributed by atoms with Gasteiger partial charge in [-0.3, -0.25) is 0 Å². The molecule has 1 heterocycles. The number of carbonyl (C=O) groups excluding carboxylic acids is 1. The molecule has 2 rings (SSSR count). The van der Waals surface area contributed by atoms with E-state index in [0.29, 0.717) is 18.6 Å². The zero-order chi connectivity index (χ0) is 10.7. The highest BCUT2D eigenvalue weighted by Crippen LogP contribution is 2.23. The Bertz CT molecular complexity index is 415. The van der Waals surface area contributed by atoms with Gasteiger partial charge < -0.3 is 10.1 Å². The number of hydrogen-bond acceptors (Lipinski definition) is 3. The van der Waals surface area contributed by atoms with E-state index < -0.39 is 0 Å². The monoisotopic (exact) mass is 239 g/mol. The Kier molecular flexibility index (Phi) is 4.38. The zero-order valence-corrected chi connectivity index (χ0v) is 9.84. The van der Waals surface area contributed by atoms with Crippen LogP contribution in [0.5, 0.6) is 0 Å². The Morgan fingerprint density at radius 3 is 2.94 bits per heavy atom. The normalized spacial score (nSPS) is 12.7. The van der Waals surface area contributed by atoms with E-state index in [1.165, 1.54) is 0 Å². The third kappa shape index (κ3) is 2.55. The van der Waals surface area contributed by atoms with Crippen LogP contribution < -0.4 is 5.32 Å². The number of anilines is 1. The van der Waals surface area contributed by atoms with Gasteiger partial charge in [0.1, 0.15) is 0 Å². The van der Waals surface area contributed by atoms with Gasteiger partial charge in [0.2, 0.25) is 0 Å². The van der Waals surface area contributed by atoms with Crippen LogP contribution in [0, 0.1) is 0 Å². The van der Waals surface area contributed by atoms with E-state index in [2.05, 4.69) is 5.32 Å². The maximum atomic E-state index is 11.5. The first-order valence-electron chi connectivity index (χ1n) is 5.02. The Balaban J connectivity index is 0.00000128. The Hall–Kier alpha value is -1.48. The Morgan fingerprint density at radius 1 is 1.44 bits per heavy atom. The van der Waals surface area contributed by atoms with Crippen LogP contribution in [0.1, 0.15) is 12.5 Å². The highest BCUT2D eigenvalue weighted by atomic mass is 35.5. The average Bonchev–Trinajstić information content (AvgIpc) is 2.29. The molecule has 3 nitrogen and oxygen atoms in total. The number of nitrogens with one attached hydrogen (secondary N) is 1. The van der Waals surface area contributed by atoms with Crippen molar-refractivity contribution in [3.05, 3.63) is 41.6 Å². The van der Waals surface area contributed by atoms with Crippen LogP contribution in [-0.4, -0.2) is 12.6 Å². The van der Waals surface area contributed by atoms with Crippen molar-refractivity contribution in [3.8, 4) is 0 Å². The maximum absolute atomic E-state index is 11.5. The predicted octanol–water partition coefficient (Wildman–Crippen LogP) is 2.52. The predicted molar refractivity (Wildman–Crippen MR) is 65.7 cm³/mol. The van der Waals surface area contributed by atoms with Gasteiger partial charge in [0, 0.05) is 18.3 Å². The summed E-state index contributed by atoms with van der Waals surface area (Å²) in [5.41, 5.74) is 2.86. The lowest BCUT2D eigenvalue weighted by molar-refractivity contribution is -0.138. The van der Waals surface area contributed by atoms with Gasteiger partial charge >= 0.3 is 5.97 Å². The summed E-state index contributed by atoms with van der Waals surface area (Å²) in [6, 6.07) is 7.94. The zero-order valence-electron chi connectivity index (χ0n) is 9.03. The number of halogens is 1. The lowest BCUT2D eigenvalue weighted by Gasteiger charge is -2.16. The summed E-state index contributed by atoms with van der Waals surface area (Å²) in [5, 5.41) is 3.09. The summed E-state index contributed by atoms with van der Waals surface area (Å²) < 4.78 is 4.95. The van der Waals surface area contributed by atoms with E-state index in [0.717, 1.165) is 11.3 Å². The molecule has 0 amide bonds. The fourth-order valence-electron chi connectivity index (χ4n) is 1.59. The number of rotatable bonds is 2. The number of esters is 1. The van der Waals surface area contributed by atoms with Gasteiger partial charge in [0.05, 0.1) is 12.2 Å². The number of hydrogen-bond donors (Lipinski definition) is 1. The molecule has 1 aromatic carbocycles. The first kappa shape index (κ1) is 12.6. The molecule has 86 valence electrons. The number of fused-ring (bicyclic) bond motifs is 1. The van der Waals surface area contributed by atoms with E-state index in [-0.39, 0.29) is 18.4 Å². The molecule has 0 saturated carbocycles. The van der Waals surface area contributed by atoms with E-state index in [9.17, 15) is 4.79 Å². The Labute approximate surface area is 101 Å². The quantitative estimate of drug-likeness (QED) is 0.806. The molecule has 0 atom stereocenters. The van der Waals surface area contributed by atoms with Gasteiger partial charge in [-0.15, -0.1) is 12.4 Å². The SMILES string of the molecule is CCOC(=O)C1=CNc2ccccc2C1.Cl. The van der Waals surface area contributed by atoms with Crippen LogP contribution in [0.2, 0.25) is 0 Å². The topological polar surface area (TPSA) is 38.3 Å². The largest absolute Gasteiger partial charge is 0.463 e. The van der Waals surface area contributed by atoms with Gasteiger partial charge in [0.25, 0.3) is 0 Å². The molecule has 1 aliphatic rings. The van der Waals surface area contributed by atoms with Crippen molar-refractivity contribution in [2.45, 2.75) is 13.3 Å². The summed E-state index contributed by atoms with van der Waals surface area (Å²) in [4.78, 5) is 11.5. The summed E-state index contributed by atoms with van der Waals surface area (Å²) in [6.45, 7) is 2.22. The molecule has 0 aromatic heterocycles. The minimum absolute atomic E-state index is 0. The number of benzene rings is 1. The lowest BCUT2D eigenvalue weighted by Crippen LogP contribution is -2.15. The molecule has 1 aromatic rings. The van der Waals surface area contributed by atoms with Crippen molar-refractivity contribution in [1.82, 2.24) is 0 Å². The minimum Gasteiger partial charge on any atom is -0.463 e. The number of carbonyl (C=O) groups is 1. The summed E-state index contributed by atoms with van der Waals surface area (Å²) in [6.07, 6.45) is 2.36. The Morgan fingerprint density at radius 2 is 2.19 bits per heavy atom. The van der Waals surface area contributed by atoms with Crippen LogP contribution in [0.3, 0.4) is 0 Å². The summed E-state index contributed by atoms with van der Waals surface area (Å²) in [5.74, 6) is -0.237. The fourth-order valence-corrected chi connectivity index (χ4v) is 1.59. The smallest absolute Gasteiger partial charge is 0.335 e. The molecule has 0 fully saturated rings. The molecule has 0 bridgehead atoms. The van der Waals surface area contributed by atoms with Gasteiger partial charge in [-0.05, 0) is 18.6 Å². The molecule has 0 spiro atoms. The van der Waals surface area contributed by atoms with Crippen molar-refractivity contribution in [2.24, 2.45) is 0 Å². The van der Waals surface area contributed by atoms with E-state index in [1.54, 1.807) is 6.20 Å². The van der Waals surface area contributed by atoms with E-state index in [4.69, 9.17) is 4.74 Å². The van der Waals surface area contributed by atoms with Gasteiger partial charge in [-0.25, -0.2) is 4.79 Å². The molecule has 0 radical (unpaired) electrons. The fraction of sp³-hybridized carbons (Fsp3) is 0.250. The third-order valence-corrected chi connectivity index (χ3v) is 2.34. The van der Waals surface area contributed by atoms with Crippen LogP contribution in [-0.2, 0) is 16.0 Å². The molecule has 16 heavy (non-hydrogen) atoms. The van der Waals surface area contributed by atoms with Gasteiger partial charge in [-0.2, -0.15) is 0 Å². The van der Waals surface area contributed by atoms with Crippen LogP contribution in [0.4, 0.5) is 5.69 Å². The minimum atomic E-state index is -0.237. The molecule has 0 unspecified atom stereocenters. The second-order valence-corrected chi connectivity index (χ2v) is 3.37. The van der Waals surface area contributed by atoms with Crippen LogP contribution >= 0.6 is 12.4 Å². The van der Waals surface area contributed by atoms with Crippen molar-refractivity contribution >= 4 is 24.1 Å². The molecule has 1 N–H and O–H groups in total. The molecule has 0 aliphatic carbocycles. The van der Waals surface area contributed by atoms with Crippen molar-refractivity contribution in [3.63, 3.8) is 0 Å². The van der Waals surface area contributed by atoms with Crippen molar-refractivity contribution in [2.75, 3.05) is 11.9 Å². The standard InChI is InChI=1S/C12H13NO2.ClH/c1-2-15-12(14)10-7-9-5-3-4-6-11(9)13-8-10;/h3-6,8,13H,2,7H2,1H3;1H. The van der Waals surface area contributed by atoms with Crippen LogP contribution in [0.15, 0.2) is 36.0 Å². The van der Waals surface area contributed by atoms with Gasteiger partial charge in [0.15, 0.2) is 0 Å². The van der Waals surface area contributed by atoms with Crippen LogP contribution in [0.25, 0.3) is 0 Å². The first-order chi connectivity index (χ1) is 7.31. The highest BCUT2D eigenvalue weighted by Gasteiger charge is 2.16. The molecule has 1 aliphatic heterocycles. The number of ether oxygens (including phenoxy) is 1.